The number of carbonyl (C=O) groups excluding carboxylic acids is 1. The Morgan fingerprint density at radius 3 is 2.34 bits per heavy atom. The first kappa shape index (κ1) is 25.1. The standard InChI is InChI=1S/C23H24Cl2N4O6/c1-32-16-10-13(11-17(33-2)21(16)34-3)22(30)27-26-20-18-15(5-4-14(24)19(18)25)29(23(20)31)12-28-6-8-35-9-7-28/h4-5,10-11,31H,6-9,12H2,1-3H3. The highest BCUT2D eigenvalue weighted by Gasteiger charge is 2.24. The lowest BCUT2D eigenvalue weighted by atomic mass is 10.1. The number of fused-ring (bicyclic) bond motifs is 1. The quantitative estimate of drug-likeness (QED) is 0.440. The molecule has 0 bridgehead atoms. The van der Waals surface area contributed by atoms with E-state index in [2.05, 4.69) is 15.1 Å². The van der Waals surface area contributed by atoms with Crippen molar-refractivity contribution in [2.45, 2.75) is 6.67 Å². The van der Waals surface area contributed by atoms with E-state index in [0.29, 0.717) is 61.1 Å². The molecule has 12 heteroatoms. The number of morpholine rings is 1. The Morgan fingerprint density at radius 2 is 1.74 bits per heavy atom. The highest BCUT2D eigenvalue weighted by Crippen LogP contribution is 2.45. The van der Waals surface area contributed by atoms with Crippen molar-refractivity contribution in [1.29, 1.82) is 0 Å². The summed E-state index contributed by atoms with van der Waals surface area (Å²) < 4.78 is 22.9. The van der Waals surface area contributed by atoms with Gasteiger partial charge in [-0.1, -0.05) is 23.2 Å². The van der Waals surface area contributed by atoms with Crippen LogP contribution in [0.4, 0.5) is 5.69 Å². The van der Waals surface area contributed by atoms with Gasteiger partial charge in [-0.15, -0.1) is 10.2 Å². The largest absolute Gasteiger partial charge is 0.493 e. The minimum Gasteiger partial charge on any atom is -0.493 e. The third-order valence-corrected chi connectivity index (χ3v) is 6.47. The summed E-state index contributed by atoms with van der Waals surface area (Å²) >= 11 is 12.7. The Morgan fingerprint density at radius 1 is 1.09 bits per heavy atom. The number of nitrogens with zero attached hydrogens (tertiary/aromatic N) is 4. The molecule has 35 heavy (non-hydrogen) atoms. The number of carbonyl (C=O) groups is 1. The lowest BCUT2D eigenvalue weighted by Gasteiger charge is -2.27. The third-order valence-electron chi connectivity index (χ3n) is 5.67. The van der Waals surface area contributed by atoms with E-state index < -0.39 is 5.91 Å². The molecular formula is C23H24Cl2N4O6. The predicted molar refractivity (Wildman–Crippen MR) is 131 cm³/mol. The van der Waals surface area contributed by atoms with E-state index in [0.717, 1.165) is 0 Å². The van der Waals surface area contributed by atoms with Crippen LogP contribution in [0.25, 0.3) is 10.9 Å². The molecule has 1 N–H and O–H groups in total. The van der Waals surface area contributed by atoms with Crippen LogP contribution < -0.4 is 14.2 Å². The zero-order chi connectivity index (χ0) is 25.1. The number of halogens is 2. The zero-order valence-electron chi connectivity index (χ0n) is 19.4. The van der Waals surface area contributed by atoms with Gasteiger partial charge in [-0.05, 0) is 24.3 Å². The van der Waals surface area contributed by atoms with E-state index in [1.165, 1.54) is 33.5 Å². The number of methoxy groups -OCH3 is 3. The first-order chi connectivity index (χ1) is 16.9. The van der Waals surface area contributed by atoms with Crippen LogP contribution in [0.2, 0.25) is 10.0 Å². The van der Waals surface area contributed by atoms with Gasteiger partial charge in [0.1, 0.15) is 0 Å². The van der Waals surface area contributed by atoms with Crippen molar-refractivity contribution >= 4 is 45.7 Å². The molecule has 1 amide bonds. The molecular weight excluding hydrogens is 499 g/mol. The second kappa shape index (κ2) is 10.7. The number of ether oxygens (including phenoxy) is 4. The molecule has 1 aliphatic rings. The average molecular weight is 523 g/mol. The summed E-state index contributed by atoms with van der Waals surface area (Å²) in [5, 5.41) is 19.9. The summed E-state index contributed by atoms with van der Waals surface area (Å²) in [5.74, 6) is 0.0668. The van der Waals surface area contributed by atoms with Crippen LogP contribution >= 0.6 is 23.2 Å². The monoisotopic (exact) mass is 522 g/mol. The fourth-order valence-electron chi connectivity index (χ4n) is 3.88. The molecule has 0 aliphatic carbocycles. The number of azo groups is 1. The minimum absolute atomic E-state index is 0.0431. The lowest BCUT2D eigenvalue weighted by Crippen LogP contribution is -2.37. The van der Waals surface area contributed by atoms with Gasteiger partial charge in [0.25, 0.3) is 5.91 Å². The lowest BCUT2D eigenvalue weighted by molar-refractivity contribution is 0.0231. The second-order valence-electron chi connectivity index (χ2n) is 7.65. The molecule has 0 unspecified atom stereocenters. The van der Waals surface area contributed by atoms with Crippen LogP contribution in [0.1, 0.15) is 10.4 Å². The van der Waals surface area contributed by atoms with Gasteiger partial charge in [0, 0.05) is 13.1 Å². The number of benzene rings is 2. The van der Waals surface area contributed by atoms with Crippen molar-refractivity contribution in [3.8, 4) is 23.1 Å². The van der Waals surface area contributed by atoms with Crippen LogP contribution in [0.3, 0.4) is 0 Å². The Kier molecular flexibility index (Phi) is 7.66. The summed E-state index contributed by atoms with van der Waals surface area (Å²) in [7, 11) is 4.35. The maximum atomic E-state index is 12.9. The van der Waals surface area contributed by atoms with Gasteiger partial charge < -0.3 is 24.1 Å². The molecule has 0 saturated carbocycles. The predicted octanol–water partition coefficient (Wildman–Crippen LogP) is 4.89. The van der Waals surface area contributed by atoms with Crippen LogP contribution in [-0.4, -0.2) is 68.1 Å². The molecule has 2 heterocycles. The Bertz CT molecular complexity index is 1260. The average Bonchev–Trinajstić information content (AvgIpc) is 3.15. The first-order valence-corrected chi connectivity index (χ1v) is 11.4. The smallest absolute Gasteiger partial charge is 0.295 e. The number of amides is 1. The van der Waals surface area contributed by atoms with Crippen molar-refractivity contribution in [2.24, 2.45) is 10.2 Å². The van der Waals surface area contributed by atoms with Gasteiger partial charge >= 0.3 is 0 Å². The Balaban J connectivity index is 1.74. The highest BCUT2D eigenvalue weighted by atomic mass is 35.5. The number of rotatable bonds is 7. The number of aromatic nitrogens is 1. The topological polar surface area (TPSA) is 107 Å². The molecule has 186 valence electrons. The van der Waals surface area contributed by atoms with E-state index in [9.17, 15) is 9.90 Å². The molecule has 0 atom stereocenters. The van der Waals surface area contributed by atoms with Crippen molar-refractivity contribution < 1.29 is 28.8 Å². The van der Waals surface area contributed by atoms with Crippen molar-refractivity contribution in [2.75, 3.05) is 47.6 Å². The molecule has 1 fully saturated rings. The van der Waals surface area contributed by atoms with Crippen molar-refractivity contribution in [3.63, 3.8) is 0 Å². The van der Waals surface area contributed by atoms with Gasteiger partial charge in [0.15, 0.2) is 17.2 Å². The fourth-order valence-corrected chi connectivity index (χ4v) is 4.29. The van der Waals surface area contributed by atoms with E-state index in [1.54, 1.807) is 16.7 Å². The van der Waals surface area contributed by atoms with Crippen molar-refractivity contribution in [3.05, 3.63) is 39.9 Å². The van der Waals surface area contributed by atoms with Gasteiger partial charge in [-0.2, -0.15) is 0 Å². The summed E-state index contributed by atoms with van der Waals surface area (Å²) in [5.41, 5.74) is 0.808. The summed E-state index contributed by atoms with van der Waals surface area (Å²) in [6, 6.07) is 6.31. The van der Waals surface area contributed by atoms with Gasteiger partial charge in [-0.25, -0.2) is 0 Å². The molecule has 1 aromatic heterocycles. The molecule has 0 spiro atoms. The molecule has 10 nitrogen and oxygen atoms in total. The molecule has 2 aromatic carbocycles. The molecule has 0 radical (unpaired) electrons. The van der Waals surface area contributed by atoms with Crippen LogP contribution in [0.15, 0.2) is 34.5 Å². The van der Waals surface area contributed by atoms with Gasteiger partial charge in [0.2, 0.25) is 11.6 Å². The normalized spacial score (nSPS) is 14.5. The first-order valence-electron chi connectivity index (χ1n) is 10.6. The molecule has 1 aliphatic heterocycles. The maximum absolute atomic E-state index is 12.9. The maximum Gasteiger partial charge on any atom is 0.295 e. The zero-order valence-corrected chi connectivity index (χ0v) is 20.9. The van der Waals surface area contributed by atoms with Crippen LogP contribution in [0.5, 0.6) is 23.1 Å². The van der Waals surface area contributed by atoms with E-state index in [4.69, 9.17) is 42.1 Å². The summed E-state index contributed by atoms with van der Waals surface area (Å²) in [6.07, 6.45) is 0. The van der Waals surface area contributed by atoms with Crippen LogP contribution in [-0.2, 0) is 11.4 Å². The molecule has 3 aromatic rings. The molecule has 4 rings (SSSR count). The minimum atomic E-state index is -0.684. The van der Waals surface area contributed by atoms with E-state index >= 15 is 0 Å². The van der Waals surface area contributed by atoms with Gasteiger partial charge in [-0.3, -0.25) is 14.3 Å². The number of aromatic hydroxyl groups is 1. The second-order valence-corrected chi connectivity index (χ2v) is 8.43. The van der Waals surface area contributed by atoms with Crippen molar-refractivity contribution in [1.82, 2.24) is 9.47 Å². The fraction of sp³-hybridized carbons (Fsp3) is 0.348. The van der Waals surface area contributed by atoms with E-state index in [-0.39, 0.29) is 27.2 Å². The Hall–Kier alpha value is -3.05. The third kappa shape index (κ3) is 4.87. The van der Waals surface area contributed by atoms with Crippen LogP contribution in [0, 0.1) is 0 Å². The Labute approximate surface area is 211 Å². The van der Waals surface area contributed by atoms with E-state index in [1.807, 2.05) is 0 Å². The number of hydrogen-bond donors (Lipinski definition) is 1. The summed E-state index contributed by atoms with van der Waals surface area (Å²) in [4.78, 5) is 15.0. The SMILES string of the molecule is COc1cc(C(=O)N=Nc2c(O)n(CN3CCOCC3)c3ccc(Cl)c(Cl)c23)cc(OC)c1OC. The van der Waals surface area contributed by atoms with Gasteiger partial charge in [0.05, 0.1) is 67.7 Å². The summed E-state index contributed by atoms with van der Waals surface area (Å²) in [6.45, 7) is 2.98. The number of hydrogen-bond acceptors (Lipinski definition) is 8. The highest BCUT2D eigenvalue weighted by molar-refractivity contribution is 6.46. The molecule has 1 saturated heterocycles.